The zero-order valence-electron chi connectivity index (χ0n) is 9.81. The van der Waals surface area contributed by atoms with Gasteiger partial charge in [0.1, 0.15) is 5.60 Å². The van der Waals surface area contributed by atoms with Crippen molar-refractivity contribution in [2.45, 2.75) is 32.3 Å². The summed E-state index contributed by atoms with van der Waals surface area (Å²) < 4.78 is 12.6. The van der Waals surface area contributed by atoms with Crippen LogP contribution in [0.3, 0.4) is 0 Å². The van der Waals surface area contributed by atoms with Crippen LogP contribution >= 0.6 is 0 Å². The van der Waals surface area contributed by atoms with Crippen LogP contribution in [0.15, 0.2) is 0 Å². The summed E-state index contributed by atoms with van der Waals surface area (Å²) in [6, 6.07) is 0. The van der Waals surface area contributed by atoms with Crippen molar-refractivity contribution in [3.8, 4) is 0 Å². The number of alkyl carbamates (subject to hydrolysis) is 1. The van der Waals surface area contributed by atoms with Crippen LogP contribution in [-0.2, 0) is 4.74 Å². The summed E-state index contributed by atoms with van der Waals surface area (Å²) in [6.45, 7) is 3.37. The second-order valence-corrected chi connectivity index (χ2v) is 3.43. The van der Waals surface area contributed by atoms with Crippen LogP contribution in [0.25, 0.3) is 0 Å². The highest BCUT2D eigenvalue weighted by atomic mass is 16.6. The summed E-state index contributed by atoms with van der Waals surface area (Å²) >= 11 is 0. The normalized spacial score (nSPS) is 14.6. The fourth-order valence-corrected chi connectivity index (χ4v) is 0.917. The highest BCUT2D eigenvalue weighted by Crippen LogP contribution is 2.16. The number of ether oxygens (including phenoxy) is 1. The van der Waals surface area contributed by atoms with Gasteiger partial charge in [-0.1, -0.05) is 0 Å². The molecule has 0 aromatic heterocycles. The van der Waals surface area contributed by atoms with Crippen molar-refractivity contribution in [3.05, 3.63) is 0 Å². The van der Waals surface area contributed by atoms with Crippen LogP contribution in [0.5, 0.6) is 0 Å². The van der Waals surface area contributed by atoms with Crippen LogP contribution < -0.4 is 10.6 Å². The van der Waals surface area contributed by atoms with E-state index in [1.165, 1.54) is 7.05 Å². The van der Waals surface area contributed by atoms with E-state index in [0.29, 0.717) is 12.8 Å². The smallest absolute Gasteiger partial charge is 0.407 e. The van der Waals surface area contributed by atoms with Crippen molar-refractivity contribution in [1.82, 2.24) is 10.6 Å². The largest absolute Gasteiger partial charge is 0.444 e. The van der Waals surface area contributed by atoms with E-state index in [9.17, 15) is 4.79 Å². The zero-order chi connectivity index (χ0) is 11.2. The molecule has 78 valence electrons. The Morgan fingerprint density at radius 2 is 2.15 bits per heavy atom. The highest BCUT2D eigenvalue weighted by molar-refractivity contribution is 5.67. The molecule has 0 saturated heterocycles. The average molecular weight is 189 g/mol. The van der Waals surface area contributed by atoms with Crippen LogP contribution in [0.2, 0.25) is 0 Å². The first-order valence-corrected chi connectivity index (χ1v) is 4.41. The zero-order valence-corrected chi connectivity index (χ0v) is 8.81. The van der Waals surface area contributed by atoms with E-state index in [0.717, 1.165) is 0 Å². The van der Waals surface area contributed by atoms with Crippen molar-refractivity contribution in [2.24, 2.45) is 0 Å². The molecule has 0 spiro atoms. The molecule has 0 rings (SSSR count). The molecule has 0 aliphatic heterocycles. The maximum absolute atomic E-state index is 10.9. The molecule has 1 amide bonds. The van der Waals surface area contributed by atoms with Crippen LogP contribution in [0.4, 0.5) is 4.79 Å². The Kier molecular flexibility index (Phi) is 4.60. The fourth-order valence-electron chi connectivity index (χ4n) is 0.917. The first kappa shape index (κ1) is 10.3. The first-order chi connectivity index (χ1) is 6.41. The highest BCUT2D eigenvalue weighted by Gasteiger charge is 2.21. The predicted molar refractivity (Wildman–Crippen MR) is 52.8 cm³/mol. The molecule has 1 unspecified atom stereocenters. The Morgan fingerprint density at radius 3 is 2.62 bits per heavy atom. The minimum atomic E-state index is -0.518. The molecule has 0 fully saturated rings. The Hall–Kier alpha value is -0.770. The lowest BCUT2D eigenvalue weighted by Crippen LogP contribution is -2.33. The molecule has 0 heterocycles. The number of amides is 1. The average Bonchev–Trinajstić information content (AvgIpc) is 2.13. The predicted octanol–water partition coefficient (Wildman–Crippen LogP) is 1.12. The van der Waals surface area contributed by atoms with Crippen LogP contribution in [-0.4, -0.2) is 32.3 Å². The van der Waals surface area contributed by atoms with Crippen molar-refractivity contribution in [3.63, 3.8) is 0 Å². The van der Waals surface area contributed by atoms with Crippen molar-refractivity contribution >= 4 is 6.09 Å². The van der Waals surface area contributed by atoms with Gasteiger partial charge in [-0.25, -0.2) is 4.79 Å². The maximum Gasteiger partial charge on any atom is 0.407 e. The molecule has 4 heteroatoms. The number of hydrogen-bond acceptors (Lipinski definition) is 3. The van der Waals surface area contributed by atoms with E-state index < -0.39 is 11.7 Å². The van der Waals surface area contributed by atoms with Gasteiger partial charge in [0.2, 0.25) is 0 Å². The number of hydrogen-bond donors (Lipinski definition) is 2. The maximum atomic E-state index is 10.9. The van der Waals surface area contributed by atoms with Crippen LogP contribution in [0, 0.1) is 0 Å². The van der Waals surface area contributed by atoms with Gasteiger partial charge in [-0.2, -0.15) is 0 Å². The molecule has 0 aromatic rings. The first-order valence-electron chi connectivity index (χ1n) is 4.99. The molecule has 0 aromatic carbocycles. The lowest BCUT2D eigenvalue weighted by molar-refractivity contribution is 0.0327. The second-order valence-electron chi connectivity index (χ2n) is 3.43. The molecule has 0 saturated carbocycles. The van der Waals surface area contributed by atoms with Gasteiger partial charge in [0, 0.05) is 8.42 Å². The Morgan fingerprint density at radius 1 is 1.54 bits per heavy atom. The topological polar surface area (TPSA) is 50.4 Å². The molecular formula is C9H20N2O2. The number of carbonyl (C=O) groups is 1. The van der Waals surface area contributed by atoms with E-state index in [1.807, 2.05) is 13.8 Å². The molecule has 0 radical (unpaired) electrons. The summed E-state index contributed by atoms with van der Waals surface area (Å²) in [7, 11) is 3.27. The van der Waals surface area contributed by atoms with Crippen molar-refractivity contribution in [2.75, 3.05) is 20.6 Å². The van der Waals surface area contributed by atoms with Gasteiger partial charge >= 0.3 is 6.09 Å². The van der Waals surface area contributed by atoms with Gasteiger partial charge in [-0.05, 0) is 40.3 Å². The van der Waals surface area contributed by atoms with Crippen molar-refractivity contribution in [1.29, 1.82) is 0 Å². The molecule has 2 N–H and O–H groups in total. The molecule has 13 heavy (non-hydrogen) atoms. The van der Waals surface area contributed by atoms with E-state index in [1.54, 1.807) is 7.05 Å². The molecule has 0 aliphatic carbocycles. The summed E-state index contributed by atoms with van der Waals surface area (Å²) in [5.41, 5.74) is -0.518. The van der Waals surface area contributed by atoms with Gasteiger partial charge in [-0.15, -0.1) is 0 Å². The molecule has 1 atom stereocenters. The van der Waals surface area contributed by atoms with Crippen molar-refractivity contribution < 1.29 is 10.9 Å². The lowest BCUT2D eigenvalue weighted by atomic mass is 10.0. The third kappa shape index (κ3) is 6.40. The Bertz CT molecular complexity index is 186. The second kappa shape index (κ2) is 5.80. The van der Waals surface area contributed by atoms with E-state index >= 15 is 0 Å². The fraction of sp³-hybridized carbons (Fsp3) is 0.889. The molecular weight excluding hydrogens is 168 g/mol. The Labute approximate surface area is 81.4 Å². The minimum Gasteiger partial charge on any atom is -0.444 e. The summed E-state index contributed by atoms with van der Waals surface area (Å²) in [6.07, 6.45) is 0.886. The van der Waals surface area contributed by atoms with Gasteiger partial charge < -0.3 is 15.4 Å². The van der Waals surface area contributed by atoms with Gasteiger partial charge in [-0.3, -0.25) is 0 Å². The third-order valence-electron chi connectivity index (χ3n) is 1.67. The minimum absolute atomic E-state index is 0.303. The third-order valence-corrected chi connectivity index (χ3v) is 1.67. The SMILES string of the molecule is [2H]C(CCC(C)(C)OC(=O)NC)NC. The van der Waals surface area contributed by atoms with E-state index in [-0.39, 0.29) is 6.52 Å². The quantitative estimate of drug-likeness (QED) is 0.681. The van der Waals surface area contributed by atoms with Gasteiger partial charge in [0.05, 0.1) is 0 Å². The monoisotopic (exact) mass is 189 g/mol. The van der Waals surface area contributed by atoms with Crippen LogP contribution in [0.1, 0.15) is 28.1 Å². The van der Waals surface area contributed by atoms with Gasteiger partial charge in [0.25, 0.3) is 0 Å². The summed E-state index contributed by atoms with van der Waals surface area (Å²) in [5.74, 6) is 0. The Balaban J connectivity index is 3.88. The molecule has 0 bridgehead atoms. The molecule has 0 aliphatic rings. The summed E-state index contributed by atoms with van der Waals surface area (Å²) in [5, 5.41) is 5.21. The van der Waals surface area contributed by atoms with Gasteiger partial charge in [0.15, 0.2) is 0 Å². The standard InChI is InChI=1S/C9H20N2O2/c1-9(2,6-5-7-10-3)13-8(12)11-4/h10H,5-7H2,1-4H3,(H,11,12)/i7D. The number of carbonyl (C=O) groups excluding carboxylic acids is 1. The van der Waals surface area contributed by atoms with E-state index in [4.69, 9.17) is 6.11 Å². The lowest BCUT2D eigenvalue weighted by Gasteiger charge is -2.24. The number of nitrogens with one attached hydrogen (secondary N) is 2. The molecule has 4 nitrogen and oxygen atoms in total. The number of rotatable bonds is 5. The van der Waals surface area contributed by atoms with E-state index in [2.05, 4.69) is 10.6 Å². The summed E-state index contributed by atoms with van der Waals surface area (Å²) in [4.78, 5) is 10.9.